The minimum absolute atomic E-state index is 0.0608. The van der Waals surface area contributed by atoms with Crippen LogP contribution in [0.3, 0.4) is 0 Å². The average Bonchev–Trinajstić information content (AvgIpc) is 2.52. The van der Waals surface area contributed by atoms with Gasteiger partial charge in [0.15, 0.2) is 0 Å². The van der Waals surface area contributed by atoms with Gasteiger partial charge in [-0.2, -0.15) is 0 Å². The van der Waals surface area contributed by atoms with Crippen LogP contribution in [0, 0.1) is 0 Å². The highest BCUT2D eigenvalue weighted by molar-refractivity contribution is 5.97. The molecule has 0 aromatic heterocycles. The lowest BCUT2D eigenvalue weighted by Crippen LogP contribution is -2.42. The van der Waals surface area contributed by atoms with E-state index in [2.05, 4.69) is 5.32 Å². The van der Waals surface area contributed by atoms with Gasteiger partial charge in [-0.15, -0.1) is 0 Å². The first kappa shape index (κ1) is 16.3. The molecule has 0 saturated carbocycles. The summed E-state index contributed by atoms with van der Waals surface area (Å²) in [6.07, 6.45) is 0.297. The monoisotopic (exact) mass is 306 g/mol. The Kier molecular flexibility index (Phi) is 5.77. The minimum atomic E-state index is -0.139. The summed E-state index contributed by atoms with van der Waals surface area (Å²) in [5.41, 5.74) is 0.769. The number of ether oxygens (including phenoxy) is 2. The van der Waals surface area contributed by atoms with E-state index in [4.69, 9.17) is 9.47 Å². The maximum atomic E-state index is 12.4. The third kappa shape index (κ3) is 4.21. The highest BCUT2D eigenvalue weighted by atomic mass is 16.5. The van der Waals surface area contributed by atoms with Crippen LogP contribution in [0.15, 0.2) is 24.3 Å². The summed E-state index contributed by atoms with van der Waals surface area (Å²) in [4.78, 5) is 25.8. The quantitative estimate of drug-likeness (QED) is 0.806. The normalized spacial score (nSPS) is 16.6. The van der Waals surface area contributed by atoms with E-state index in [1.165, 1.54) is 0 Å². The van der Waals surface area contributed by atoms with E-state index in [0.29, 0.717) is 25.4 Å². The predicted molar refractivity (Wildman–Crippen MR) is 83.0 cm³/mol. The summed E-state index contributed by atoms with van der Waals surface area (Å²) in [5.74, 6) is 0.503. The molecule has 2 rings (SSSR count). The molecular formula is C16H22N2O4. The SMILES string of the molecule is COCCNC(=O)CCC(=O)N1CC(C)Oc2ccccc21. The molecule has 0 spiro atoms. The van der Waals surface area contributed by atoms with Crippen molar-refractivity contribution in [1.82, 2.24) is 5.32 Å². The zero-order chi connectivity index (χ0) is 15.9. The smallest absolute Gasteiger partial charge is 0.227 e. The molecule has 1 aliphatic heterocycles. The van der Waals surface area contributed by atoms with Crippen molar-refractivity contribution in [2.75, 3.05) is 31.7 Å². The highest BCUT2D eigenvalue weighted by Gasteiger charge is 2.27. The van der Waals surface area contributed by atoms with Gasteiger partial charge >= 0.3 is 0 Å². The van der Waals surface area contributed by atoms with Gasteiger partial charge in [0.05, 0.1) is 18.8 Å². The van der Waals surface area contributed by atoms with Gasteiger partial charge in [0.25, 0.3) is 0 Å². The van der Waals surface area contributed by atoms with E-state index >= 15 is 0 Å². The van der Waals surface area contributed by atoms with Crippen LogP contribution in [0.1, 0.15) is 19.8 Å². The lowest BCUT2D eigenvalue weighted by Gasteiger charge is -2.33. The number of hydrogen-bond donors (Lipinski definition) is 1. The molecule has 0 aliphatic carbocycles. The van der Waals surface area contributed by atoms with Gasteiger partial charge < -0.3 is 19.7 Å². The molecule has 1 unspecified atom stereocenters. The summed E-state index contributed by atoms with van der Waals surface area (Å²) >= 11 is 0. The van der Waals surface area contributed by atoms with E-state index < -0.39 is 0 Å². The van der Waals surface area contributed by atoms with E-state index in [1.54, 1.807) is 12.0 Å². The molecule has 1 heterocycles. The highest BCUT2D eigenvalue weighted by Crippen LogP contribution is 2.33. The van der Waals surface area contributed by atoms with Crippen molar-refractivity contribution in [3.05, 3.63) is 24.3 Å². The van der Waals surface area contributed by atoms with Crippen LogP contribution in [0.4, 0.5) is 5.69 Å². The second-order valence-corrected chi connectivity index (χ2v) is 5.24. The Morgan fingerprint density at radius 2 is 2.14 bits per heavy atom. The number of carbonyl (C=O) groups is 2. The molecular weight excluding hydrogens is 284 g/mol. The maximum absolute atomic E-state index is 12.4. The Morgan fingerprint density at radius 3 is 2.91 bits per heavy atom. The van der Waals surface area contributed by atoms with Crippen molar-refractivity contribution in [2.24, 2.45) is 0 Å². The Bertz CT molecular complexity index is 533. The van der Waals surface area contributed by atoms with E-state index in [-0.39, 0.29) is 30.8 Å². The largest absolute Gasteiger partial charge is 0.487 e. The molecule has 1 atom stereocenters. The zero-order valence-electron chi connectivity index (χ0n) is 13.0. The van der Waals surface area contributed by atoms with Crippen LogP contribution in [-0.4, -0.2) is 44.7 Å². The summed E-state index contributed by atoms with van der Waals surface area (Å²) in [6.45, 7) is 3.35. The molecule has 0 fully saturated rings. The number of para-hydroxylation sites is 2. The van der Waals surface area contributed by atoms with E-state index in [0.717, 1.165) is 5.69 Å². The Morgan fingerprint density at radius 1 is 1.36 bits per heavy atom. The molecule has 1 aliphatic rings. The van der Waals surface area contributed by atoms with Gasteiger partial charge in [-0.1, -0.05) is 12.1 Å². The van der Waals surface area contributed by atoms with Gasteiger partial charge in [-0.25, -0.2) is 0 Å². The number of benzene rings is 1. The van der Waals surface area contributed by atoms with Crippen LogP contribution in [0.2, 0.25) is 0 Å². The average molecular weight is 306 g/mol. The summed E-state index contributed by atoms with van der Waals surface area (Å²) in [6, 6.07) is 7.46. The molecule has 1 N–H and O–H groups in total. The lowest BCUT2D eigenvalue weighted by molar-refractivity contribution is -0.125. The Hall–Kier alpha value is -2.08. The van der Waals surface area contributed by atoms with Gasteiger partial charge in [0.2, 0.25) is 11.8 Å². The molecule has 120 valence electrons. The molecule has 1 aromatic carbocycles. The third-order valence-corrected chi connectivity index (χ3v) is 3.42. The second kappa shape index (κ2) is 7.79. The van der Waals surface area contributed by atoms with Crippen molar-refractivity contribution in [2.45, 2.75) is 25.9 Å². The third-order valence-electron chi connectivity index (χ3n) is 3.42. The van der Waals surface area contributed by atoms with Gasteiger partial charge in [0.1, 0.15) is 11.9 Å². The summed E-state index contributed by atoms with van der Waals surface area (Å²) in [5, 5.41) is 2.71. The van der Waals surface area contributed by atoms with Gasteiger partial charge in [-0.05, 0) is 19.1 Å². The van der Waals surface area contributed by atoms with Crippen molar-refractivity contribution in [1.29, 1.82) is 0 Å². The number of methoxy groups -OCH3 is 1. The van der Waals surface area contributed by atoms with Crippen LogP contribution in [0.5, 0.6) is 5.75 Å². The van der Waals surface area contributed by atoms with Crippen LogP contribution >= 0.6 is 0 Å². The first-order valence-electron chi connectivity index (χ1n) is 7.43. The molecule has 0 saturated heterocycles. The summed E-state index contributed by atoms with van der Waals surface area (Å²) < 4.78 is 10.6. The van der Waals surface area contributed by atoms with Crippen LogP contribution in [-0.2, 0) is 14.3 Å². The first-order chi connectivity index (χ1) is 10.6. The fourth-order valence-corrected chi connectivity index (χ4v) is 2.36. The number of fused-ring (bicyclic) bond motifs is 1. The molecule has 22 heavy (non-hydrogen) atoms. The number of anilines is 1. The molecule has 6 heteroatoms. The number of nitrogens with zero attached hydrogens (tertiary/aromatic N) is 1. The van der Waals surface area contributed by atoms with Crippen molar-refractivity contribution in [3.8, 4) is 5.75 Å². The maximum Gasteiger partial charge on any atom is 0.227 e. The first-order valence-corrected chi connectivity index (χ1v) is 7.43. The van der Waals surface area contributed by atoms with E-state index in [1.807, 2.05) is 31.2 Å². The van der Waals surface area contributed by atoms with Gasteiger partial charge in [-0.3, -0.25) is 9.59 Å². The van der Waals surface area contributed by atoms with Crippen molar-refractivity contribution < 1.29 is 19.1 Å². The topological polar surface area (TPSA) is 67.9 Å². The van der Waals surface area contributed by atoms with Crippen molar-refractivity contribution in [3.63, 3.8) is 0 Å². The molecule has 1 aromatic rings. The van der Waals surface area contributed by atoms with Crippen molar-refractivity contribution >= 4 is 17.5 Å². The lowest BCUT2D eigenvalue weighted by atomic mass is 10.1. The second-order valence-electron chi connectivity index (χ2n) is 5.24. The number of rotatable bonds is 6. The van der Waals surface area contributed by atoms with Crippen LogP contribution in [0.25, 0.3) is 0 Å². The Balaban J connectivity index is 1.91. The number of nitrogens with one attached hydrogen (secondary N) is 1. The number of carbonyl (C=O) groups excluding carboxylic acids is 2. The fraction of sp³-hybridized carbons (Fsp3) is 0.500. The molecule has 0 radical (unpaired) electrons. The fourth-order valence-electron chi connectivity index (χ4n) is 2.36. The summed E-state index contributed by atoms with van der Waals surface area (Å²) in [7, 11) is 1.58. The number of hydrogen-bond acceptors (Lipinski definition) is 4. The van der Waals surface area contributed by atoms with E-state index in [9.17, 15) is 9.59 Å². The molecule has 6 nitrogen and oxygen atoms in total. The zero-order valence-corrected chi connectivity index (χ0v) is 13.0. The Labute approximate surface area is 130 Å². The molecule has 2 amide bonds. The predicted octanol–water partition coefficient (Wildman–Crippen LogP) is 1.34. The van der Waals surface area contributed by atoms with Gasteiger partial charge in [0, 0.05) is 26.5 Å². The number of amides is 2. The minimum Gasteiger partial charge on any atom is -0.487 e. The molecule has 0 bridgehead atoms. The van der Waals surface area contributed by atoms with Crippen LogP contribution < -0.4 is 15.0 Å². The standard InChI is InChI=1S/C16H22N2O4/c1-12-11-18(13-5-3-4-6-14(13)22-12)16(20)8-7-15(19)17-9-10-21-2/h3-6,12H,7-11H2,1-2H3,(H,17,19).